The molecule has 0 aliphatic carbocycles. The Kier molecular flexibility index (Phi) is 6.16. The fraction of sp³-hybridized carbons (Fsp3) is 0.611. The number of sulfone groups is 1. The van der Waals surface area contributed by atoms with E-state index in [0.29, 0.717) is 30.5 Å². The third kappa shape index (κ3) is 5.43. The number of ether oxygens (including phenoxy) is 1. The van der Waals surface area contributed by atoms with Crippen molar-refractivity contribution in [3.63, 3.8) is 0 Å². The lowest BCUT2D eigenvalue weighted by atomic mass is 10.0. The Morgan fingerprint density at radius 2 is 2.00 bits per heavy atom. The summed E-state index contributed by atoms with van der Waals surface area (Å²) in [5.74, 6) is 1.24. The summed E-state index contributed by atoms with van der Waals surface area (Å²) in [6.45, 7) is 2.03. The molecular weight excluding hydrogens is 354 g/mol. The van der Waals surface area contributed by atoms with Gasteiger partial charge in [0, 0.05) is 36.9 Å². The van der Waals surface area contributed by atoms with Gasteiger partial charge in [0.25, 0.3) is 0 Å². The van der Waals surface area contributed by atoms with Gasteiger partial charge < -0.3 is 15.4 Å². The van der Waals surface area contributed by atoms with Crippen LogP contribution in [0.1, 0.15) is 19.3 Å². The van der Waals surface area contributed by atoms with E-state index in [2.05, 4.69) is 15.5 Å². The maximum Gasteiger partial charge on any atom is 0.238 e. The first-order valence-electron chi connectivity index (χ1n) is 9.06. The zero-order chi connectivity index (χ0) is 18.6. The number of rotatable bonds is 6. The zero-order valence-electron chi connectivity index (χ0n) is 15.1. The SMILES string of the molecule is COc1cccc(NC(=O)CN2CCC(N[C@@H]3CCS(=O)(=O)C3)CC2)c1. The quantitative estimate of drug-likeness (QED) is 0.760. The highest BCUT2D eigenvalue weighted by atomic mass is 32.2. The second kappa shape index (κ2) is 8.37. The van der Waals surface area contributed by atoms with Gasteiger partial charge in [0.05, 0.1) is 25.2 Å². The van der Waals surface area contributed by atoms with E-state index >= 15 is 0 Å². The highest BCUT2D eigenvalue weighted by Gasteiger charge is 2.30. The number of methoxy groups -OCH3 is 1. The number of amides is 1. The molecule has 0 aromatic heterocycles. The molecular formula is C18H27N3O4S. The molecule has 1 aromatic carbocycles. The van der Waals surface area contributed by atoms with Crippen molar-refractivity contribution < 1.29 is 17.9 Å². The van der Waals surface area contributed by atoms with Crippen molar-refractivity contribution in [2.45, 2.75) is 31.3 Å². The van der Waals surface area contributed by atoms with Gasteiger partial charge in [-0.2, -0.15) is 0 Å². The zero-order valence-corrected chi connectivity index (χ0v) is 15.9. The maximum atomic E-state index is 12.2. The van der Waals surface area contributed by atoms with Crippen molar-refractivity contribution in [3.05, 3.63) is 24.3 Å². The number of hydrogen-bond donors (Lipinski definition) is 2. The van der Waals surface area contributed by atoms with Gasteiger partial charge in [-0.05, 0) is 31.4 Å². The van der Waals surface area contributed by atoms with Gasteiger partial charge in [-0.1, -0.05) is 6.07 Å². The standard InChI is InChI=1S/C18H27N3O4S/c1-25-17-4-2-3-15(11-17)20-18(22)12-21-8-5-14(6-9-21)19-16-7-10-26(23,24)13-16/h2-4,11,14,16,19H,5-10,12-13H2,1H3,(H,20,22)/t16-/m1/s1. The Morgan fingerprint density at radius 1 is 1.23 bits per heavy atom. The molecule has 1 aromatic rings. The third-order valence-corrected chi connectivity index (χ3v) is 6.78. The number of carbonyl (C=O) groups is 1. The lowest BCUT2D eigenvalue weighted by Gasteiger charge is -2.33. The molecule has 2 aliphatic heterocycles. The predicted octanol–water partition coefficient (Wildman–Crippen LogP) is 0.875. The average Bonchev–Trinajstić information content (AvgIpc) is 2.95. The Balaban J connectivity index is 1.40. The summed E-state index contributed by atoms with van der Waals surface area (Å²) in [7, 11) is -1.25. The smallest absolute Gasteiger partial charge is 0.238 e. The number of nitrogens with zero attached hydrogens (tertiary/aromatic N) is 1. The van der Waals surface area contributed by atoms with Gasteiger partial charge in [0.1, 0.15) is 5.75 Å². The predicted molar refractivity (Wildman–Crippen MR) is 101 cm³/mol. The van der Waals surface area contributed by atoms with Gasteiger partial charge in [0.15, 0.2) is 9.84 Å². The van der Waals surface area contributed by atoms with Gasteiger partial charge in [-0.3, -0.25) is 9.69 Å². The monoisotopic (exact) mass is 381 g/mol. The Morgan fingerprint density at radius 3 is 2.65 bits per heavy atom. The molecule has 8 heteroatoms. The summed E-state index contributed by atoms with van der Waals surface area (Å²) in [5.41, 5.74) is 0.730. The fourth-order valence-corrected chi connectivity index (χ4v) is 5.31. The fourth-order valence-electron chi connectivity index (χ4n) is 3.62. The van der Waals surface area contributed by atoms with Crippen molar-refractivity contribution in [2.75, 3.05) is 43.6 Å². The molecule has 2 saturated heterocycles. The molecule has 0 saturated carbocycles. The molecule has 2 heterocycles. The van der Waals surface area contributed by atoms with Gasteiger partial charge in [0.2, 0.25) is 5.91 Å². The van der Waals surface area contributed by atoms with Crippen LogP contribution >= 0.6 is 0 Å². The van der Waals surface area contributed by atoms with E-state index in [1.165, 1.54) is 0 Å². The molecule has 0 spiro atoms. The summed E-state index contributed by atoms with van der Waals surface area (Å²) in [5, 5.41) is 6.38. The van der Waals surface area contributed by atoms with Crippen LogP contribution in [-0.2, 0) is 14.6 Å². The Bertz CT molecular complexity index is 730. The van der Waals surface area contributed by atoms with Crippen LogP contribution in [0.5, 0.6) is 5.75 Å². The number of benzene rings is 1. The molecule has 2 fully saturated rings. The highest BCUT2D eigenvalue weighted by molar-refractivity contribution is 7.91. The number of carbonyl (C=O) groups excluding carboxylic acids is 1. The summed E-state index contributed by atoms with van der Waals surface area (Å²) < 4.78 is 28.3. The van der Waals surface area contributed by atoms with Crippen molar-refractivity contribution >= 4 is 21.4 Å². The first-order valence-corrected chi connectivity index (χ1v) is 10.9. The van der Waals surface area contributed by atoms with E-state index in [1.807, 2.05) is 18.2 Å². The first kappa shape index (κ1) is 19.1. The molecule has 3 rings (SSSR count). The molecule has 2 aliphatic rings. The maximum absolute atomic E-state index is 12.2. The van der Waals surface area contributed by atoms with Crippen LogP contribution in [0, 0.1) is 0 Å². The van der Waals surface area contributed by atoms with Gasteiger partial charge in [-0.25, -0.2) is 8.42 Å². The van der Waals surface area contributed by atoms with Crippen LogP contribution in [0.2, 0.25) is 0 Å². The molecule has 26 heavy (non-hydrogen) atoms. The van der Waals surface area contributed by atoms with Crippen molar-refractivity contribution in [1.29, 1.82) is 0 Å². The molecule has 0 radical (unpaired) electrons. The van der Waals surface area contributed by atoms with Gasteiger partial charge in [-0.15, -0.1) is 0 Å². The number of piperidine rings is 1. The summed E-state index contributed by atoms with van der Waals surface area (Å²) in [4.78, 5) is 14.4. The van der Waals surface area contributed by atoms with Crippen LogP contribution in [0.4, 0.5) is 5.69 Å². The lowest BCUT2D eigenvalue weighted by Crippen LogP contribution is -2.48. The molecule has 0 bridgehead atoms. The largest absolute Gasteiger partial charge is 0.497 e. The van der Waals surface area contributed by atoms with Crippen LogP contribution in [0.15, 0.2) is 24.3 Å². The number of likely N-dealkylation sites (tertiary alicyclic amines) is 1. The number of anilines is 1. The normalized spacial score (nSPS) is 23.7. The average molecular weight is 381 g/mol. The molecule has 1 atom stereocenters. The van der Waals surface area contributed by atoms with E-state index in [0.717, 1.165) is 31.6 Å². The molecule has 0 unspecified atom stereocenters. The van der Waals surface area contributed by atoms with E-state index in [4.69, 9.17) is 4.74 Å². The van der Waals surface area contributed by atoms with Gasteiger partial charge >= 0.3 is 0 Å². The summed E-state index contributed by atoms with van der Waals surface area (Å²) in [6.07, 6.45) is 2.58. The van der Waals surface area contributed by atoms with Crippen molar-refractivity contribution in [3.8, 4) is 5.75 Å². The number of hydrogen-bond acceptors (Lipinski definition) is 6. The summed E-state index contributed by atoms with van der Waals surface area (Å²) in [6, 6.07) is 7.74. The Labute approximate surface area is 155 Å². The Hall–Kier alpha value is -1.64. The molecule has 2 N–H and O–H groups in total. The van der Waals surface area contributed by atoms with Crippen molar-refractivity contribution in [2.24, 2.45) is 0 Å². The minimum absolute atomic E-state index is 0.0356. The first-order chi connectivity index (χ1) is 12.4. The number of nitrogens with one attached hydrogen (secondary N) is 2. The highest BCUT2D eigenvalue weighted by Crippen LogP contribution is 2.18. The van der Waals surface area contributed by atoms with E-state index < -0.39 is 9.84 Å². The van der Waals surface area contributed by atoms with Crippen LogP contribution in [0.3, 0.4) is 0 Å². The second-order valence-electron chi connectivity index (χ2n) is 7.10. The van der Waals surface area contributed by atoms with E-state index in [9.17, 15) is 13.2 Å². The third-order valence-electron chi connectivity index (χ3n) is 5.01. The lowest BCUT2D eigenvalue weighted by molar-refractivity contribution is -0.117. The van der Waals surface area contributed by atoms with Crippen LogP contribution in [-0.4, -0.2) is 69.6 Å². The molecule has 144 valence electrons. The second-order valence-corrected chi connectivity index (χ2v) is 9.33. The van der Waals surface area contributed by atoms with Crippen LogP contribution in [0.25, 0.3) is 0 Å². The van der Waals surface area contributed by atoms with E-state index in [1.54, 1.807) is 13.2 Å². The summed E-state index contributed by atoms with van der Waals surface area (Å²) >= 11 is 0. The van der Waals surface area contributed by atoms with Crippen LogP contribution < -0.4 is 15.4 Å². The molecule has 1 amide bonds. The minimum Gasteiger partial charge on any atom is -0.497 e. The van der Waals surface area contributed by atoms with Crippen molar-refractivity contribution in [1.82, 2.24) is 10.2 Å². The van der Waals surface area contributed by atoms with E-state index in [-0.39, 0.29) is 17.7 Å². The minimum atomic E-state index is -2.84. The topological polar surface area (TPSA) is 87.7 Å². The molecule has 7 nitrogen and oxygen atoms in total.